The van der Waals surface area contributed by atoms with Gasteiger partial charge >= 0.3 is 0 Å². The molecule has 0 aliphatic carbocycles. The van der Waals surface area contributed by atoms with Crippen LogP contribution in [0.15, 0.2) is 54.7 Å². The quantitative estimate of drug-likeness (QED) is 0.442. The molecule has 0 radical (unpaired) electrons. The summed E-state index contributed by atoms with van der Waals surface area (Å²) >= 11 is 0. The highest BCUT2D eigenvalue weighted by atomic mass is 19.1. The van der Waals surface area contributed by atoms with E-state index in [4.69, 9.17) is 0 Å². The van der Waals surface area contributed by atoms with Gasteiger partial charge in [-0.2, -0.15) is 0 Å². The second-order valence-electron chi connectivity index (χ2n) is 6.73. The Morgan fingerprint density at radius 1 is 1.07 bits per heavy atom. The number of aromatic amines is 1. The molecule has 3 aromatic rings. The average molecular weight is 381 g/mol. The Balaban J connectivity index is 1.35. The molecule has 1 aliphatic rings. The van der Waals surface area contributed by atoms with Crippen LogP contribution in [0.1, 0.15) is 17.2 Å². The van der Waals surface area contributed by atoms with Crippen molar-refractivity contribution in [3.8, 4) is 0 Å². The van der Waals surface area contributed by atoms with Crippen LogP contribution in [0.2, 0.25) is 0 Å². The van der Waals surface area contributed by atoms with E-state index in [0.29, 0.717) is 6.54 Å². The molecule has 4 rings (SSSR count). The zero-order chi connectivity index (χ0) is 19.5. The van der Waals surface area contributed by atoms with Crippen molar-refractivity contribution in [2.75, 3.05) is 6.54 Å². The third-order valence-corrected chi connectivity index (χ3v) is 4.90. The van der Waals surface area contributed by atoms with E-state index in [-0.39, 0.29) is 30.1 Å². The number of amides is 2. The molecular formula is C20H20FN5O2. The molecule has 1 aliphatic heterocycles. The zero-order valence-electron chi connectivity index (χ0n) is 15.0. The van der Waals surface area contributed by atoms with E-state index < -0.39 is 5.92 Å². The van der Waals surface area contributed by atoms with Crippen LogP contribution in [0.5, 0.6) is 0 Å². The minimum Gasteiger partial charge on any atom is -0.361 e. The lowest BCUT2D eigenvalue weighted by atomic mass is 9.94. The number of H-pyrrole nitrogens is 1. The predicted molar refractivity (Wildman–Crippen MR) is 102 cm³/mol. The number of nitrogens with one attached hydrogen (secondary N) is 5. The standard InChI is InChI=1S/C20H20FN5O2/c21-14-7-5-12(6-8-14)19-16(11-23-25-19)20(28)26-24-18(27)9-13-10-22-17-4-2-1-3-15(13)17/h1-8,10,16,19,22-23,25H,9,11H2,(H,24,27)(H,26,28). The molecule has 1 saturated heterocycles. The van der Waals surface area contributed by atoms with Gasteiger partial charge in [0.1, 0.15) is 5.82 Å². The second-order valence-corrected chi connectivity index (χ2v) is 6.73. The maximum absolute atomic E-state index is 13.1. The van der Waals surface area contributed by atoms with Crippen molar-refractivity contribution in [3.05, 3.63) is 71.7 Å². The second kappa shape index (κ2) is 7.79. The third-order valence-electron chi connectivity index (χ3n) is 4.90. The largest absolute Gasteiger partial charge is 0.361 e. The number of hydrogen-bond acceptors (Lipinski definition) is 4. The van der Waals surface area contributed by atoms with E-state index in [1.807, 2.05) is 24.3 Å². The molecule has 8 heteroatoms. The number of fused-ring (bicyclic) bond motifs is 1. The Kier molecular flexibility index (Phi) is 5.05. The first kappa shape index (κ1) is 18.1. The summed E-state index contributed by atoms with van der Waals surface area (Å²) in [6.45, 7) is 0.395. The highest BCUT2D eigenvalue weighted by Gasteiger charge is 2.34. The average Bonchev–Trinajstić information content (AvgIpc) is 3.35. The minimum absolute atomic E-state index is 0.146. The number of benzene rings is 2. The van der Waals surface area contributed by atoms with Crippen LogP contribution < -0.4 is 21.7 Å². The number of carbonyl (C=O) groups excluding carboxylic acids is 2. The zero-order valence-corrected chi connectivity index (χ0v) is 15.0. The molecule has 2 atom stereocenters. The fourth-order valence-corrected chi connectivity index (χ4v) is 3.45. The molecule has 28 heavy (non-hydrogen) atoms. The van der Waals surface area contributed by atoms with Crippen LogP contribution in [-0.4, -0.2) is 23.3 Å². The van der Waals surface area contributed by atoms with Crippen LogP contribution in [0.3, 0.4) is 0 Å². The first-order valence-corrected chi connectivity index (χ1v) is 8.99. The fraction of sp³-hybridized carbons (Fsp3) is 0.200. The number of rotatable bonds is 4. The van der Waals surface area contributed by atoms with Crippen LogP contribution in [-0.2, 0) is 16.0 Å². The van der Waals surface area contributed by atoms with Gasteiger partial charge in [-0.3, -0.25) is 25.9 Å². The lowest BCUT2D eigenvalue weighted by Gasteiger charge is -2.18. The van der Waals surface area contributed by atoms with Gasteiger partial charge in [0.25, 0.3) is 0 Å². The van der Waals surface area contributed by atoms with Gasteiger partial charge in [-0.05, 0) is 29.3 Å². The van der Waals surface area contributed by atoms with E-state index in [9.17, 15) is 14.0 Å². The van der Waals surface area contributed by atoms with Gasteiger partial charge in [-0.25, -0.2) is 9.82 Å². The number of hydrazine groups is 2. The topological polar surface area (TPSA) is 98.1 Å². The van der Waals surface area contributed by atoms with E-state index in [0.717, 1.165) is 22.0 Å². The van der Waals surface area contributed by atoms with Crippen molar-refractivity contribution < 1.29 is 14.0 Å². The van der Waals surface area contributed by atoms with Crippen LogP contribution >= 0.6 is 0 Å². The van der Waals surface area contributed by atoms with Gasteiger partial charge in [-0.15, -0.1) is 0 Å². The molecule has 5 N–H and O–H groups in total. The van der Waals surface area contributed by atoms with Crippen molar-refractivity contribution in [1.29, 1.82) is 0 Å². The normalized spacial score (nSPS) is 18.9. The third kappa shape index (κ3) is 3.73. The highest BCUT2D eigenvalue weighted by molar-refractivity contribution is 5.90. The lowest BCUT2D eigenvalue weighted by Crippen LogP contribution is -2.46. The van der Waals surface area contributed by atoms with E-state index >= 15 is 0 Å². The summed E-state index contributed by atoms with van der Waals surface area (Å²) in [7, 11) is 0. The minimum atomic E-state index is -0.446. The molecular weight excluding hydrogens is 361 g/mol. The fourth-order valence-electron chi connectivity index (χ4n) is 3.45. The van der Waals surface area contributed by atoms with Crippen molar-refractivity contribution in [2.45, 2.75) is 12.5 Å². The Morgan fingerprint density at radius 2 is 1.86 bits per heavy atom. The summed E-state index contributed by atoms with van der Waals surface area (Å²) in [4.78, 5) is 27.9. The van der Waals surface area contributed by atoms with Crippen molar-refractivity contribution in [1.82, 2.24) is 26.7 Å². The van der Waals surface area contributed by atoms with Gasteiger partial charge in [0.15, 0.2) is 0 Å². The maximum atomic E-state index is 13.1. The van der Waals surface area contributed by atoms with Gasteiger partial charge in [0.05, 0.1) is 18.4 Å². The van der Waals surface area contributed by atoms with Crippen molar-refractivity contribution >= 4 is 22.7 Å². The number of halogens is 1. The van der Waals surface area contributed by atoms with Crippen LogP contribution in [0.25, 0.3) is 10.9 Å². The van der Waals surface area contributed by atoms with Gasteiger partial charge in [0.2, 0.25) is 11.8 Å². The number of aromatic nitrogens is 1. The molecule has 1 fully saturated rings. The maximum Gasteiger partial charge on any atom is 0.244 e. The number of hydrogen-bond donors (Lipinski definition) is 5. The molecule has 0 saturated carbocycles. The van der Waals surface area contributed by atoms with Crippen LogP contribution in [0, 0.1) is 11.7 Å². The summed E-state index contributed by atoms with van der Waals surface area (Å²) in [5.41, 5.74) is 13.5. The molecule has 1 aromatic heterocycles. The predicted octanol–water partition coefficient (Wildman–Crippen LogP) is 1.46. The molecule has 2 heterocycles. The smallest absolute Gasteiger partial charge is 0.244 e. The van der Waals surface area contributed by atoms with Gasteiger partial charge < -0.3 is 4.98 Å². The summed E-state index contributed by atoms with van der Waals surface area (Å²) in [5, 5.41) is 0.976. The van der Waals surface area contributed by atoms with Gasteiger partial charge in [0, 0.05) is 23.6 Å². The summed E-state index contributed by atoms with van der Waals surface area (Å²) < 4.78 is 13.1. The molecule has 144 valence electrons. The van der Waals surface area contributed by atoms with Crippen molar-refractivity contribution in [2.24, 2.45) is 5.92 Å². The Bertz CT molecular complexity index is 1000. The Labute approximate surface area is 160 Å². The molecule has 2 aromatic carbocycles. The van der Waals surface area contributed by atoms with Gasteiger partial charge in [-0.1, -0.05) is 30.3 Å². The van der Waals surface area contributed by atoms with Crippen LogP contribution in [0.4, 0.5) is 4.39 Å². The number of para-hydroxylation sites is 1. The molecule has 0 bridgehead atoms. The van der Waals surface area contributed by atoms with E-state index in [1.165, 1.54) is 12.1 Å². The lowest BCUT2D eigenvalue weighted by molar-refractivity contribution is -0.131. The highest BCUT2D eigenvalue weighted by Crippen LogP contribution is 2.25. The first-order chi connectivity index (χ1) is 13.6. The summed E-state index contributed by atoms with van der Waals surface area (Å²) in [5.74, 6) is -1.41. The Morgan fingerprint density at radius 3 is 2.68 bits per heavy atom. The first-order valence-electron chi connectivity index (χ1n) is 8.99. The van der Waals surface area contributed by atoms with Crippen molar-refractivity contribution in [3.63, 3.8) is 0 Å². The SMILES string of the molecule is O=C(Cc1c[nH]c2ccccc12)NNC(=O)C1CNNC1c1ccc(F)cc1. The summed E-state index contributed by atoms with van der Waals surface area (Å²) in [6.07, 6.45) is 1.94. The Hall–Kier alpha value is -3.23. The molecule has 7 nitrogen and oxygen atoms in total. The summed E-state index contributed by atoms with van der Waals surface area (Å²) in [6, 6.07) is 13.4. The monoisotopic (exact) mass is 381 g/mol. The molecule has 2 amide bonds. The van der Waals surface area contributed by atoms with E-state index in [2.05, 4.69) is 26.7 Å². The molecule has 0 spiro atoms. The van der Waals surface area contributed by atoms with E-state index in [1.54, 1.807) is 18.3 Å². The molecule has 2 unspecified atom stereocenters. The number of carbonyl (C=O) groups is 2.